The van der Waals surface area contributed by atoms with E-state index < -0.39 is 0 Å². The van der Waals surface area contributed by atoms with Crippen LogP contribution in [-0.2, 0) is 12.8 Å². The summed E-state index contributed by atoms with van der Waals surface area (Å²) in [6, 6.07) is 6.34. The molecule has 4 nitrogen and oxygen atoms in total. The minimum Gasteiger partial charge on any atom is -0.397 e. The van der Waals surface area contributed by atoms with Crippen LogP contribution in [0.25, 0.3) is 10.2 Å². The summed E-state index contributed by atoms with van der Waals surface area (Å²) in [5, 5.41) is 4.00. The van der Waals surface area contributed by atoms with E-state index in [4.69, 9.17) is 10.7 Å². The van der Waals surface area contributed by atoms with E-state index in [2.05, 4.69) is 30.4 Å². The van der Waals surface area contributed by atoms with Crippen molar-refractivity contribution in [3.05, 3.63) is 51.0 Å². The van der Waals surface area contributed by atoms with Crippen LogP contribution in [0, 0.1) is 20.8 Å². The highest BCUT2D eigenvalue weighted by molar-refractivity contribution is 7.21. The average Bonchev–Trinajstić information content (AvgIpc) is 2.94. The van der Waals surface area contributed by atoms with Gasteiger partial charge in [0.05, 0.1) is 5.69 Å². The number of nitrogens with one attached hydrogen (secondary N) is 1. The van der Waals surface area contributed by atoms with Gasteiger partial charge in [0.15, 0.2) is 0 Å². The van der Waals surface area contributed by atoms with Crippen LogP contribution in [0.4, 0.5) is 11.4 Å². The smallest absolute Gasteiger partial charge is 0.267 e. The third-order valence-electron chi connectivity index (χ3n) is 5.62. The van der Waals surface area contributed by atoms with Gasteiger partial charge >= 0.3 is 0 Å². The van der Waals surface area contributed by atoms with Crippen molar-refractivity contribution < 1.29 is 4.79 Å². The number of thiophene rings is 1. The molecule has 1 aliphatic rings. The van der Waals surface area contributed by atoms with E-state index >= 15 is 0 Å². The molecule has 2 aromatic heterocycles. The second-order valence-electron chi connectivity index (χ2n) is 7.93. The first kappa shape index (κ1) is 18.9. The number of carbonyl (C=O) groups excluding carboxylic acids is 1. The van der Waals surface area contributed by atoms with Crippen molar-refractivity contribution in [2.75, 3.05) is 11.1 Å². The summed E-state index contributed by atoms with van der Waals surface area (Å²) in [7, 11) is 0. The van der Waals surface area contributed by atoms with Crippen LogP contribution in [0.15, 0.2) is 18.2 Å². The molecule has 0 fully saturated rings. The molecule has 28 heavy (non-hydrogen) atoms. The Labute approximate surface area is 170 Å². The minimum absolute atomic E-state index is 0.150. The zero-order valence-corrected chi connectivity index (χ0v) is 17.6. The van der Waals surface area contributed by atoms with Gasteiger partial charge in [-0.1, -0.05) is 30.5 Å². The maximum absolute atomic E-state index is 13.0. The number of nitrogen functional groups attached to an aromatic ring is 1. The van der Waals surface area contributed by atoms with Crippen LogP contribution < -0.4 is 11.1 Å². The number of aromatic nitrogens is 1. The van der Waals surface area contributed by atoms with E-state index in [1.807, 2.05) is 13.8 Å². The topological polar surface area (TPSA) is 68.0 Å². The van der Waals surface area contributed by atoms with Crippen LogP contribution >= 0.6 is 11.3 Å². The van der Waals surface area contributed by atoms with Crippen molar-refractivity contribution in [1.29, 1.82) is 0 Å². The quantitative estimate of drug-likeness (QED) is 0.585. The summed E-state index contributed by atoms with van der Waals surface area (Å²) in [6.45, 7) is 6.10. The monoisotopic (exact) mass is 393 g/mol. The maximum atomic E-state index is 13.0. The highest BCUT2D eigenvalue weighted by Gasteiger charge is 2.21. The van der Waals surface area contributed by atoms with Gasteiger partial charge < -0.3 is 11.1 Å². The third-order valence-corrected chi connectivity index (χ3v) is 6.74. The fraction of sp³-hybridized carbons (Fsp3) is 0.391. The SMILES string of the molecule is Cc1cc(C)c(NC(=O)c2sc3nc4c(cc3c2N)CCCCCC4)c(C)c1. The fourth-order valence-corrected chi connectivity index (χ4v) is 5.22. The molecular formula is C23H27N3OS. The van der Waals surface area contributed by atoms with Crippen LogP contribution in [0.2, 0.25) is 0 Å². The fourth-order valence-electron chi connectivity index (χ4n) is 4.23. The van der Waals surface area contributed by atoms with Crippen LogP contribution in [0.5, 0.6) is 0 Å². The number of benzene rings is 1. The number of nitrogens with zero attached hydrogens (tertiary/aromatic N) is 1. The van der Waals surface area contributed by atoms with E-state index in [0.29, 0.717) is 10.6 Å². The van der Waals surface area contributed by atoms with E-state index in [1.54, 1.807) is 0 Å². The summed E-state index contributed by atoms with van der Waals surface area (Å²) < 4.78 is 0. The molecule has 1 amide bonds. The summed E-state index contributed by atoms with van der Waals surface area (Å²) in [5.41, 5.74) is 13.6. The molecule has 0 saturated heterocycles. The van der Waals surface area contributed by atoms with Crippen LogP contribution in [0.3, 0.4) is 0 Å². The molecule has 3 N–H and O–H groups in total. The number of aryl methyl sites for hydroxylation is 5. The predicted octanol–water partition coefficient (Wildman–Crippen LogP) is 5.72. The van der Waals surface area contributed by atoms with Gasteiger partial charge in [-0.3, -0.25) is 4.79 Å². The third kappa shape index (κ3) is 3.51. The number of rotatable bonds is 2. The molecule has 1 aliphatic carbocycles. The van der Waals surface area contributed by atoms with E-state index in [-0.39, 0.29) is 5.91 Å². The summed E-state index contributed by atoms with van der Waals surface area (Å²) in [5.74, 6) is -0.150. The Hall–Kier alpha value is -2.40. The average molecular weight is 394 g/mol. The summed E-state index contributed by atoms with van der Waals surface area (Å²) in [6.07, 6.45) is 7.01. The predicted molar refractivity (Wildman–Crippen MR) is 119 cm³/mol. The molecule has 4 rings (SSSR count). The van der Waals surface area contributed by atoms with E-state index in [1.165, 1.54) is 53.8 Å². The minimum atomic E-state index is -0.150. The van der Waals surface area contributed by atoms with Gasteiger partial charge in [-0.05, 0) is 69.2 Å². The highest BCUT2D eigenvalue weighted by atomic mass is 32.1. The molecule has 0 bridgehead atoms. The van der Waals surface area contributed by atoms with Crippen molar-refractivity contribution in [2.45, 2.75) is 59.3 Å². The van der Waals surface area contributed by atoms with Gasteiger partial charge in [0.25, 0.3) is 5.91 Å². The van der Waals surface area contributed by atoms with Gasteiger partial charge in [0.1, 0.15) is 9.71 Å². The largest absolute Gasteiger partial charge is 0.397 e. The molecule has 2 heterocycles. The van der Waals surface area contributed by atoms with Gasteiger partial charge in [-0.15, -0.1) is 11.3 Å². The van der Waals surface area contributed by atoms with Crippen molar-refractivity contribution in [3.63, 3.8) is 0 Å². The van der Waals surface area contributed by atoms with Crippen LogP contribution in [-0.4, -0.2) is 10.9 Å². The zero-order chi connectivity index (χ0) is 19.8. The lowest BCUT2D eigenvalue weighted by atomic mass is 9.96. The Morgan fingerprint density at radius 1 is 1.04 bits per heavy atom. The summed E-state index contributed by atoms with van der Waals surface area (Å²) in [4.78, 5) is 19.3. The van der Waals surface area contributed by atoms with Crippen molar-refractivity contribution in [1.82, 2.24) is 4.98 Å². The Balaban J connectivity index is 1.71. The highest BCUT2D eigenvalue weighted by Crippen LogP contribution is 2.36. The van der Waals surface area contributed by atoms with Gasteiger partial charge in [0.2, 0.25) is 0 Å². The number of carbonyl (C=O) groups is 1. The molecule has 0 unspecified atom stereocenters. The molecule has 1 aromatic carbocycles. The number of pyridine rings is 1. The lowest BCUT2D eigenvalue weighted by Gasteiger charge is -2.13. The molecule has 0 saturated carbocycles. The Morgan fingerprint density at radius 3 is 2.43 bits per heavy atom. The molecular weight excluding hydrogens is 366 g/mol. The second kappa shape index (κ2) is 7.55. The van der Waals surface area contributed by atoms with E-state index in [9.17, 15) is 4.79 Å². The van der Waals surface area contributed by atoms with Crippen molar-refractivity contribution >= 4 is 38.8 Å². The number of nitrogens with two attached hydrogens (primary N) is 1. The van der Waals surface area contributed by atoms with Crippen molar-refractivity contribution in [3.8, 4) is 0 Å². The molecule has 0 radical (unpaired) electrons. The van der Waals surface area contributed by atoms with Gasteiger partial charge in [-0.25, -0.2) is 4.98 Å². The molecule has 0 spiro atoms. The standard InChI is InChI=1S/C23H27N3OS/c1-13-10-14(2)20(15(3)11-13)26-22(27)21-19(24)17-12-16-8-6-4-5-7-9-18(16)25-23(17)28-21/h10-12H,4-9,24H2,1-3H3,(H,26,27). The lowest BCUT2D eigenvalue weighted by molar-refractivity contribution is 0.103. The van der Waals surface area contributed by atoms with Gasteiger partial charge in [-0.2, -0.15) is 0 Å². The number of hydrogen-bond donors (Lipinski definition) is 2. The van der Waals surface area contributed by atoms with E-state index in [0.717, 1.165) is 39.9 Å². The number of fused-ring (bicyclic) bond motifs is 2. The number of amides is 1. The number of hydrogen-bond acceptors (Lipinski definition) is 4. The Kier molecular flexibility index (Phi) is 5.11. The molecule has 146 valence electrons. The molecule has 5 heteroatoms. The maximum Gasteiger partial charge on any atom is 0.267 e. The first-order chi connectivity index (χ1) is 13.4. The Morgan fingerprint density at radius 2 is 1.71 bits per heavy atom. The molecule has 3 aromatic rings. The zero-order valence-electron chi connectivity index (χ0n) is 16.8. The Bertz CT molecular complexity index is 1040. The first-order valence-electron chi connectivity index (χ1n) is 10.0. The molecule has 0 atom stereocenters. The van der Waals surface area contributed by atoms with Crippen LogP contribution in [0.1, 0.15) is 63.3 Å². The summed E-state index contributed by atoms with van der Waals surface area (Å²) >= 11 is 1.40. The lowest BCUT2D eigenvalue weighted by Crippen LogP contribution is -2.14. The normalized spacial score (nSPS) is 14.4. The van der Waals surface area contributed by atoms with Crippen molar-refractivity contribution in [2.24, 2.45) is 0 Å². The first-order valence-corrected chi connectivity index (χ1v) is 10.9. The van der Waals surface area contributed by atoms with Gasteiger partial charge in [0, 0.05) is 16.8 Å². The second-order valence-corrected chi connectivity index (χ2v) is 8.93. The molecule has 0 aliphatic heterocycles. The number of anilines is 2.